The van der Waals surface area contributed by atoms with Gasteiger partial charge in [0.05, 0.1) is 18.3 Å². The third-order valence-corrected chi connectivity index (χ3v) is 7.44. The Balaban J connectivity index is 1.43. The lowest BCUT2D eigenvalue weighted by Crippen LogP contribution is -2.16. The molecule has 0 bridgehead atoms. The van der Waals surface area contributed by atoms with Gasteiger partial charge < -0.3 is 4.74 Å². The first-order valence-electron chi connectivity index (χ1n) is 9.36. The Hall–Kier alpha value is -2.01. The molecule has 0 N–H and O–H groups in total. The number of thiazole rings is 1. The monoisotopic (exact) mass is 445 g/mol. The summed E-state index contributed by atoms with van der Waals surface area (Å²) >= 11 is 4.73. The average Bonchev–Trinajstić information content (AvgIpc) is 3.48. The van der Waals surface area contributed by atoms with E-state index in [0.717, 1.165) is 48.2 Å². The summed E-state index contributed by atoms with van der Waals surface area (Å²) < 4.78 is 9.57. The number of ether oxygens (including phenoxy) is 1. The van der Waals surface area contributed by atoms with E-state index in [2.05, 4.69) is 38.1 Å². The standard InChI is InChI=1S/C19H19N5O2S3/c1-12-7-13(10-28-12)17-21-22-19(24(17)9-15-3-2-5-26-15)29-11-14-8-16(25)23-4-6-27-18(23)20-14/h4,6-8,10,15H,2-3,5,9,11H2,1H3/t15-/m0/s1. The molecule has 10 heteroatoms. The maximum absolute atomic E-state index is 12.2. The van der Waals surface area contributed by atoms with E-state index in [1.165, 1.54) is 16.2 Å². The number of hydrogen-bond acceptors (Lipinski definition) is 8. The number of rotatable bonds is 6. The third-order valence-electron chi connectivity index (χ3n) is 4.82. The summed E-state index contributed by atoms with van der Waals surface area (Å²) in [4.78, 5) is 18.8. The molecule has 4 aromatic heterocycles. The van der Waals surface area contributed by atoms with Crippen LogP contribution in [-0.2, 0) is 17.0 Å². The summed E-state index contributed by atoms with van der Waals surface area (Å²) in [6.45, 7) is 3.64. The van der Waals surface area contributed by atoms with E-state index in [1.54, 1.807) is 39.8 Å². The minimum atomic E-state index is -0.0536. The van der Waals surface area contributed by atoms with Crippen molar-refractivity contribution in [1.82, 2.24) is 24.1 Å². The second kappa shape index (κ2) is 8.02. The third kappa shape index (κ3) is 3.89. The number of hydrogen-bond donors (Lipinski definition) is 0. The first-order chi connectivity index (χ1) is 14.2. The van der Waals surface area contributed by atoms with Crippen LogP contribution in [0.4, 0.5) is 0 Å². The number of fused-ring (bicyclic) bond motifs is 1. The van der Waals surface area contributed by atoms with Gasteiger partial charge in [-0.25, -0.2) is 4.98 Å². The molecule has 7 nitrogen and oxygen atoms in total. The fourth-order valence-corrected chi connectivity index (χ4v) is 5.69. The zero-order chi connectivity index (χ0) is 19.8. The van der Waals surface area contributed by atoms with E-state index in [9.17, 15) is 4.79 Å². The number of thiophene rings is 1. The lowest BCUT2D eigenvalue weighted by Gasteiger charge is -2.14. The number of aryl methyl sites for hydroxylation is 1. The van der Waals surface area contributed by atoms with Crippen LogP contribution in [0.15, 0.2) is 39.0 Å². The molecule has 0 aromatic carbocycles. The highest BCUT2D eigenvalue weighted by atomic mass is 32.2. The predicted molar refractivity (Wildman–Crippen MR) is 116 cm³/mol. The highest BCUT2D eigenvalue weighted by molar-refractivity contribution is 7.98. The fourth-order valence-electron chi connectivity index (χ4n) is 3.43. The van der Waals surface area contributed by atoms with Crippen LogP contribution in [0.2, 0.25) is 0 Å². The fraction of sp³-hybridized carbons (Fsp3) is 0.368. The molecule has 0 amide bonds. The molecule has 1 aliphatic heterocycles. The van der Waals surface area contributed by atoms with Crippen LogP contribution >= 0.6 is 34.4 Å². The molecule has 0 aliphatic carbocycles. The molecule has 1 fully saturated rings. The normalized spacial score (nSPS) is 16.8. The summed E-state index contributed by atoms with van der Waals surface area (Å²) in [6.07, 6.45) is 4.09. The van der Waals surface area contributed by atoms with Crippen molar-refractivity contribution in [2.24, 2.45) is 0 Å². The topological polar surface area (TPSA) is 74.3 Å². The van der Waals surface area contributed by atoms with Crippen LogP contribution < -0.4 is 5.56 Å². The van der Waals surface area contributed by atoms with E-state index < -0.39 is 0 Å². The molecule has 1 aliphatic rings. The summed E-state index contributed by atoms with van der Waals surface area (Å²) in [5.74, 6) is 1.43. The Labute approximate surface area is 179 Å². The van der Waals surface area contributed by atoms with Crippen LogP contribution in [0.1, 0.15) is 23.4 Å². The summed E-state index contributed by atoms with van der Waals surface area (Å²) in [7, 11) is 0. The van der Waals surface area contributed by atoms with Gasteiger partial charge in [0.1, 0.15) is 0 Å². The lowest BCUT2D eigenvalue weighted by atomic mass is 10.2. The van der Waals surface area contributed by atoms with Crippen LogP contribution in [0.3, 0.4) is 0 Å². The number of thioether (sulfide) groups is 1. The molecule has 1 atom stereocenters. The zero-order valence-electron chi connectivity index (χ0n) is 15.8. The summed E-state index contributed by atoms with van der Waals surface area (Å²) in [5, 5.41) is 13.7. The Morgan fingerprint density at radius 2 is 2.24 bits per heavy atom. The second-order valence-electron chi connectivity index (χ2n) is 6.93. The zero-order valence-corrected chi connectivity index (χ0v) is 18.2. The average molecular weight is 446 g/mol. The maximum Gasteiger partial charge on any atom is 0.258 e. The van der Waals surface area contributed by atoms with Crippen molar-refractivity contribution < 1.29 is 4.74 Å². The van der Waals surface area contributed by atoms with Crippen LogP contribution in [-0.4, -0.2) is 36.9 Å². The molecule has 150 valence electrons. The van der Waals surface area contributed by atoms with Gasteiger partial charge in [-0.2, -0.15) is 0 Å². The number of nitrogens with zero attached hydrogens (tertiary/aromatic N) is 5. The van der Waals surface area contributed by atoms with E-state index in [0.29, 0.717) is 10.7 Å². The quantitative estimate of drug-likeness (QED) is 0.420. The highest BCUT2D eigenvalue weighted by Crippen LogP contribution is 2.30. The van der Waals surface area contributed by atoms with Crippen molar-refractivity contribution in [1.29, 1.82) is 0 Å². The van der Waals surface area contributed by atoms with Crippen molar-refractivity contribution in [2.75, 3.05) is 6.61 Å². The molecule has 0 radical (unpaired) electrons. The Morgan fingerprint density at radius 1 is 1.31 bits per heavy atom. The molecule has 0 spiro atoms. The molecule has 0 unspecified atom stereocenters. The van der Waals surface area contributed by atoms with Gasteiger partial charge >= 0.3 is 0 Å². The van der Waals surface area contributed by atoms with Crippen molar-refractivity contribution >= 4 is 39.4 Å². The van der Waals surface area contributed by atoms with Gasteiger partial charge in [0, 0.05) is 45.8 Å². The molecule has 4 aromatic rings. The first kappa shape index (κ1) is 19.0. The molecule has 29 heavy (non-hydrogen) atoms. The van der Waals surface area contributed by atoms with Gasteiger partial charge in [0.15, 0.2) is 15.9 Å². The van der Waals surface area contributed by atoms with E-state index >= 15 is 0 Å². The van der Waals surface area contributed by atoms with Crippen LogP contribution in [0.25, 0.3) is 16.3 Å². The minimum absolute atomic E-state index is 0.0536. The van der Waals surface area contributed by atoms with E-state index in [-0.39, 0.29) is 11.7 Å². The van der Waals surface area contributed by atoms with Gasteiger partial charge in [-0.05, 0) is 25.8 Å². The predicted octanol–water partition coefficient (Wildman–Crippen LogP) is 3.86. The van der Waals surface area contributed by atoms with Gasteiger partial charge in [-0.1, -0.05) is 11.8 Å². The Morgan fingerprint density at radius 3 is 3.03 bits per heavy atom. The first-order valence-corrected chi connectivity index (χ1v) is 12.1. The Kier molecular flexibility index (Phi) is 5.25. The van der Waals surface area contributed by atoms with Gasteiger partial charge in [-0.15, -0.1) is 32.9 Å². The van der Waals surface area contributed by atoms with Gasteiger partial charge in [0.25, 0.3) is 5.56 Å². The van der Waals surface area contributed by atoms with Crippen molar-refractivity contribution in [3.63, 3.8) is 0 Å². The molecule has 5 heterocycles. The van der Waals surface area contributed by atoms with Crippen molar-refractivity contribution in [2.45, 2.75) is 43.3 Å². The molecule has 1 saturated heterocycles. The number of aromatic nitrogens is 5. The SMILES string of the molecule is Cc1cc(-c2nnc(SCc3cc(=O)n4ccsc4n3)n2C[C@@H]2CCCO2)cs1. The highest BCUT2D eigenvalue weighted by Gasteiger charge is 2.22. The van der Waals surface area contributed by atoms with Gasteiger partial charge in [-0.3, -0.25) is 13.8 Å². The smallest absolute Gasteiger partial charge is 0.258 e. The Bertz CT molecular complexity index is 1200. The van der Waals surface area contributed by atoms with Crippen molar-refractivity contribution in [3.8, 4) is 11.4 Å². The minimum Gasteiger partial charge on any atom is -0.376 e. The van der Waals surface area contributed by atoms with E-state index in [1.807, 2.05) is 5.38 Å². The maximum atomic E-state index is 12.2. The second-order valence-corrected chi connectivity index (χ2v) is 9.86. The molecular formula is C19H19N5O2S3. The lowest BCUT2D eigenvalue weighted by molar-refractivity contribution is 0.0953. The van der Waals surface area contributed by atoms with Gasteiger partial charge in [0.2, 0.25) is 0 Å². The molecular weight excluding hydrogens is 426 g/mol. The molecule has 0 saturated carbocycles. The summed E-state index contributed by atoms with van der Waals surface area (Å²) in [6, 6.07) is 3.74. The molecule has 5 rings (SSSR count). The van der Waals surface area contributed by atoms with Crippen molar-refractivity contribution in [3.05, 3.63) is 50.0 Å². The largest absolute Gasteiger partial charge is 0.376 e. The summed E-state index contributed by atoms with van der Waals surface area (Å²) in [5.41, 5.74) is 1.78. The van der Waals surface area contributed by atoms with E-state index in [4.69, 9.17) is 4.74 Å². The van der Waals surface area contributed by atoms with Crippen LogP contribution in [0.5, 0.6) is 0 Å². The van der Waals surface area contributed by atoms with Crippen LogP contribution in [0, 0.1) is 6.92 Å².